The highest BCUT2D eigenvalue weighted by molar-refractivity contribution is 7.15. The number of anilines is 1. The molecule has 2 N–H and O–H groups in total. The van der Waals surface area contributed by atoms with E-state index >= 15 is 0 Å². The molecule has 0 aliphatic heterocycles. The van der Waals surface area contributed by atoms with Gasteiger partial charge in [-0.2, -0.15) is 0 Å². The van der Waals surface area contributed by atoms with E-state index in [1.807, 2.05) is 0 Å². The van der Waals surface area contributed by atoms with Gasteiger partial charge in [0, 0.05) is 10.9 Å². The van der Waals surface area contributed by atoms with Crippen molar-refractivity contribution in [2.24, 2.45) is 11.8 Å². The fraction of sp³-hybridized carbons (Fsp3) is 0.435. The smallest absolute Gasteiger partial charge is 0.341 e. The van der Waals surface area contributed by atoms with Crippen molar-refractivity contribution in [3.05, 3.63) is 29.1 Å². The Morgan fingerprint density at radius 3 is 2.41 bits per heavy atom. The molecular weight excluding hydrogens is 434 g/mol. The van der Waals surface area contributed by atoms with Crippen molar-refractivity contribution >= 4 is 34.2 Å². The molecule has 1 aromatic heterocycles. The number of carboxylic acid groups (broad SMARTS) is 1. The summed E-state index contributed by atoms with van der Waals surface area (Å²) in [4.78, 5) is 37.4. The molecule has 0 bridgehead atoms. The number of amides is 1. The Kier molecular flexibility index (Phi) is 7.74. The maximum Gasteiger partial charge on any atom is 0.341 e. The molecule has 2 aromatic rings. The zero-order chi connectivity index (χ0) is 23.3. The van der Waals surface area contributed by atoms with Gasteiger partial charge < -0.3 is 24.6 Å². The van der Waals surface area contributed by atoms with Crippen LogP contribution in [-0.2, 0) is 14.3 Å². The van der Waals surface area contributed by atoms with Gasteiger partial charge in [0.2, 0.25) is 5.91 Å². The monoisotopic (exact) mass is 461 g/mol. The molecule has 3 rings (SSSR count). The van der Waals surface area contributed by atoms with Crippen molar-refractivity contribution in [1.29, 1.82) is 0 Å². The Morgan fingerprint density at radius 1 is 1.09 bits per heavy atom. The molecule has 8 nitrogen and oxygen atoms in total. The Hall–Kier alpha value is -3.07. The van der Waals surface area contributed by atoms with E-state index < -0.39 is 23.8 Å². The van der Waals surface area contributed by atoms with Crippen LogP contribution in [0.4, 0.5) is 5.00 Å². The van der Waals surface area contributed by atoms with Crippen LogP contribution >= 0.6 is 11.3 Å². The van der Waals surface area contributed by atoms with Crippen molar-refractivity contribution in [3.8, 4) is 22.6 Å². The Balaban J connectivity index is 1.97. The van der Waals surface area contributed by atoms with Crippen molar-refractivity contribution in [2.75, 3.05) is 26.1 Å². The Morgan fingerprint density at radius 2 is 1.78 bits per heavy atom. The number of thiophene rings is 1. The summed E-state index contributed by atoms with van der Waals surface area (Å²) in [7, 11) is 3.06. The van der Waals surface area contributed by atoms with Crippen LogP contribution in [0.25, 0.3) is 11.1 Å². The molecule has 1 saturated carbocycles. The van der Waals surface area contributed by atoms with Crippen molar-refractivity contribution in [3.63, 3.8) is 0 Å². The minimum Gasteiger partial charge on any atom is -0.493 e. The number of hydrogen-bond acceptors (Lipinski definition) is 7. The van der Waals surface area contributed by atoms with E-state index in [9.17, 15) is 19.5 Å². The summed E-state index contributed by atoms with van der Waals surface area (Å²) in [6, 6.07) is 5.27. The van der Waals surface area contributed by atoms with Crippen LogP contribution in [0.5, 0.6) is 11.5 Å². The molecule has 1 fully saturated rings. The lowest BCUT2D eigenvalue weighted by Crippen LogP contribution is -2.36. The van der Waals surface area contributed by atoms with Gasteiger partial charge >= 0.3 is 11.9 Å². The molecule has 0 saturated heterocycles. The Bertz CT molecular complexity index is 1000. The van der Waals surface area contributed by atoms with Gasteiger partial charge in [-0.05, 0) is 37.5 Å². The summed E-state index contributed by atoms with van der Waals surface area (Å²) in [6.07, 6.45) is 2.57. The molecule has 0 spiro atoms. The number of carbonyl (C=O) groups is 3. The summed E-state index contributed by atoms with van der Waals surface area (Å²) >= 11 is 1.20. The van der Waals surface area contributed by atoms with E-state index in [4.69, 9.17) is 14.2 Å². The molecule has 172 valence electrons. The third kappa shape index (κ3) is 4.88. The third-order valence-electron chi connectivity index (χ3n) is 5.62. The summed E-state index contributed by atoms with van der Waals surface area (Å²) < 4.78 is 15.9. The normalized spacial score (nSPS) is 18.0. The van der Waals surface area contributed by atoms with Gasteiger partial charge in [0.1, 0.15) is 10.6 Å². The highest BCUT2D eigenvalue weighted by Crippen LogP contribution is 2.40. The van der Waals surface area contributed by atoms with Gasteiger partial charge in [0.05, 0.1) is 32.7 Å². The maximum absolute atomic E-state index is 13.0. The molecule has 1 aromatic carbocycles. The minimum atomic E-state index is -0.965. The fourth-order valence-electron chi connectivity index (χ4n) is 4.02. The Labute approximate surface area is 190 Å². The second kappa shape index (κ2) is 10.5. The number of carboxylic acids is 1. The van der Waals surface area contributed by atoms with E-state index in [0.717, 1.165) is 12.8 Å². The van der Waals surface area contributed by atoms with Gasteiger partial charge in [-0.15, -0.1) is 11.3 Å². The van der Waals surface area contributed by atoms with Gasteiger partial charge in [-0.1, -0.05) is 18.9 Å². The lowest BCUT2D eigenvalue weighted by molar-refractivity contribution is -0.147. The van der Waals surface area contributed by atoms with E-state index in [2.05, 4.69) is 5.32 Å². The van der Waals surface area contributed by atoms with Crippen molar-refractivity contribution in [1.82, 2.24) is 0 Å². The number of carbonyl (C=O) groups excluding carboxylic acids is 2. The van der Waals surface area contributed by atoms with E-state index in [0.29, 0.717) is 40.5 Å². The minimum absolute atomic E-state index is 0.178. The number of esters is 1. The highest BCUT2D eigenvalue weighted by atomic mass is 32.1. The van der Waals surface area contributed by atoms with Gasteiger partial charge in [-0.3, -0.25) is 9.59 Å². The summed E-state index contributed by atoms with van der Waals surface area (Å²) in [6.45, 7) is 1.88. The zero-order valence-electron chi connectivity index (χ0n) is 18.3. The number of aliphatic carboxylic acids is 1. The van der Waals surface area contributed by atoms with Crippen LogP contribution in [0.1, 0.15) is 43.0 Å². The van der Waals surface area contributed by atoms with E-state index in [1.165, 1.54) is 25.6 Å². The van der Waals surface area contributed by atoms with Crippen LogP contribution in [0.2, 0.25) is 0 Å². The first-order chi connectivity index (χ1) is 15.4. The SMILES string of the molecule is CCOC(=O)c1c(-c2ccc(OC)c(OC)c2)csc1NC(=O)C1CCCCC1C(=O)O. The average Bonchev–Trinajstić information content (AvgIpc) is 3.22. The number of rotatable bonds is 8. The second-order valence-corrected chi connectivity index (χ2v) is 8.35. The topological polar surface area (TPSA) is 111 Å². The molecule has 1 aliphatic carbocycles. The first kappa shape index (κ1) is 23.6. The largest absolute Gasteiger partial charge is 0.493 e. The summed E-state index contributed by atoms with van der Waals surface area (Å²) in [5.74, 6) is -2.22. The average molecular weight is 462 g/mol. The molecule has 1 amide bonds. The fourth-order valence-corrected chi connectivity index (χ4v) is 4.98. The molecule has 32 heavy (non-hydrogen) atoms. The standard InChI is InChI=1S/C23H27NO7S/c1-4-31-23(28)19-16(13-9-10-17(29-2)18(11-13)30-3)12-32-21(19)24-20(25)14-7-5-6-8-15(14)22(26)27/h9-12,14-15H,4-8H2,1-3H3,(H,24,25)(H,26,27). The molecule has 1 aliphatic rings. The molecule has 9 heteroatoms. The van der Waals surface area contributed by atoms with Crippen molar-refractivity contribution < 1.29 is 33.7 Å². The third-order valence-corrected chi connectivity index (χ3v) is 6.52. The number of hydrogen-bond donors (Lipinski definition) is 2. The zero-order valence-corrected chi connectivity index (χ0v) is 19.1. The lowest BCUT2D eigenvalue weighted by atomic mass is 9.79. The number of nitrogens with one attached hydrogen (secondary N) is 1. The first-order valence-corrected chi connectivity index (χ1v) is 11.3. The van der Waals surface area contributed by atoms with Crippen LogP contribution < -0.4 is 14.8 Å². The van der Waals surface area contributed by atoms with Gasteiger partial charge in [0.15, 0.2) is 11.5 Å². The number of benzene rings is 1. The van der Waals surface area contributed by atoms with Gasteiger partial charge in [0.25, 0.3) is 0 Å². The van der Waals surface area contributed by atoms with Gasteiger partial charge in [-0.25, -0.2) is 4.79 Å². The van der Waals surface area contributed by atoms with Crippen LogP contribution in [-0.4, -0.2) is 43.8 Å². The predicted octanol–water partition coefficient (Wildman–Crippen LogP) is 4.44. The molecule has 0 radical (unpaired) electrons. The van der Waals surface area contributed by atoms with Crippen LogP contribution in [0, 0.1) is 11.8 Å². The molecular formula is C23H27NO7S. The van der Waals surface area contributed by atoms with E-state index in [1.54, 1.807) is 30.5 Å². The quantitative estimate of drug-likeness (QED) is 0.559. The number of methoxy groups -OCH3 is 2. The molecule has 1 heterocycles. The van der Waals surface area contributed by atoms with Crippen LogP contribution in [0.15, 0.2) is 23.6 Å². The second-order valence-electron chi connectivity index (χ2n) is 7.47. The summed E-state index contributed by atoms with van der Waals surface area (Å²) in [5.41, 5.74) is 1.52. The molecule has 2 atom stereocenters. The lowest BCUT2D eigenvalue weighted by Gasteiger charge is -2.27. The summed E-state index contributed by atoms with van der Waals surface area (Å²) in [5, 5.41) is 14.4. The molecule has 2 unspecified atom stereocenters. The first-order valence-electron chi connectivity index (χ1n) is 10.5. The predicted molar refractivity (Wildman–Crippen MR) is 121 cm³/mol. The van der Waals surface area contributed by atoms with E-state index in [-0.39, 0.29) is 18.1 Å². The highest BCUT2D eigenvalue weighted by Gasteiger charge is 2.36. The van der Waals surface area contributed by atoms with Crippen LogP contribution in [0.3, 0.4) is 0 Å². The number of ether oxygens (including phenoxy) is 3. The maximum atomic E-state index is 13.0. The van der Waals surface area contributed by atoms with Crippen molar-refractivity contribution in [2.45, 2.75) is 32.6 Å².